The Morgan fingerprint density at radius 1 is 0.966 bits per heavy atom. The summed E-state index contributed by atoms with van der Waals surface area (Å²) in [4.78, 5) is 17.3. The van der Waals surface area contributed by atoms with Gasteiger partial charge >= 0.3 is 0 Å². The minimum absolute atomic E-state index is 0.0914. The van der Waals surface area contributed by atoms with Crippen molar-refractivity contribution in [1.29, 1.82) is 0 Å². The zero-order valence-corrected chi connectivity index (χ0v) is 16.6. The van der Waals surface area contributed by atoms with Crippen LogP contribution in [0.5, 0.6) is 5.75 Å². The van der Waals surface area contributed by atoms with E-state index in [4.69, 9.17) is 11.6 Å². The number of nitrogens with zero attached hydrogens (tertiary/aromatic N) is 1. The van der Waals surface area contributed by atoms with E-state index in [0.29, 0.717) is 21.5 Å². The van der Waals surface area contributed by atoms with E-state index in [9.17, 15) is 14.3 Å². The second-order valence-corrected chi connectivity index (χ2v) is 7.41. The van der Waals surface area contributed by atoms with Crippen LogP contribution in [0.15, 0.2) is 65.5 Å². The molecule has 0 saturated carbocycles. The van der Waals surface area contributed by atoms with Gasteiger partial charge in [-0.15, -0.1) is 0 Å². The number of hydrogen-bond donors (Lipinski definition) is 2. The molecular weight excluding hydrogens is 391 g/mol. The number of aromatic amines is 1. The highest BCUT2D eigenvalue weighted by Gasteiger charge is 2.16. The zero-order chi connectivity index (χ0) is 20.7. The maximum atomic E-state index is 13.3. The van der Waals surface area contributed by atoms with E-state index in [0.717, 1.165) is 16.8 Å². The largest absolute Gasteiger partial charge is 0.506 e. The fourth-order valence-corrected chi connectivity index (χ4v) is 3.62. The third-order valence-electron chi connectivity index (χ3n) is 4.90. The second-order valence-electron chi connectivity index (χ2n) is 7.00. The van der Waals surface area contributed by atoms with Gasteiger partial charge in [0.15, 0.2) is 0 Å². The molecule has 0 aliphatic carbocycles. The van der Waals surface area contributed by atoms with Gasteiger partial charge in [0, 0.05) is 30.7 Å². The molecule has 0 unspecified atom stereocenters. The van der Waals surface area contributed by atoms with Crippen LogP contribution in [0.2, 0.25) is 5.02 Å². The van der Waals surface area contributed by atoms with Crippen LogP contribution >= 0.6 is 11.6 Å². The molecule has 1 heterocycles. The lowest BCUT2D eigenvalue weighted by molar-refractivity contribution is 0.482. The molecule has 6 heteroatoms. The molecule has 4 nitrogen and oxygen atoms in total. The third kappa shape index (κ3) is 3.45. The van der Waals surface area contributed by atoms with Gasteiger partial charge in [-0.1, -0.05) is 35.9 Å². The Morgan fingerprint density at radius 2 is 1.59 bits per heavy atom. The Morgan fingerprint density at radius 3 is 2.21 bits per heavy atom. The SMILES string of the molecule is CN(C)c1ccc(-c2cc3c(O)c(-c4ccc(F)cc4)c(=O)[nH]c3cc2Cl)cc1. The lowest BCUT2D eigenvalue weighted by Gasteiger charge is -2.14. The van der Waals surface area contributed by atoms with E-state index in [1.165, 1.54) is 24.3 Å². The number of benzene rings is 3. The first-order chi connectivity index (χ1) is 13.8. The van der Waals surface area contributed by atoms with Crippen LogP contribution in [0.25, 0.3) is 33.2 Å². The van der Waals surface area contributed by atoms with Crippen molar-refractivity contribution < 1.29 is 9.50 Å². The predicted octanol–water partition coefficient (Wildman–Crippen LogP) is 5.43. The monoisotopic (exact) mass is 408 g/mol. The standard InChI is InChI=1S/C23H18ClFN2O2/c1-27(2)16-9-5-13(6-10-16)17-11-18-20(12-19(17)24)26-23(29)21(22(18)28)14-3-7-15(25)8-4-14/h3-12H,1-2H3,(H2,26,28,29). The first-order valence-corrected chi connectivity index (χ1v) is 9.35. The van der Waals surface area contributed by atoms with Crippen LogP contribution < -0.4 is 10.5 Å². The number of anilines is 1. The number of H-pyrrole nitrogens is 1. The van der Waals surface area contributed by atoms with E-state index < -0.39 is 11.4 Å². The average Bonchev–Trinajstić information content (AvgIpc) is 2.69. The van der Waals surface area contributed by atoms with Crippen molar-refractivity contribution in [2.75, 3.05) is 19.0 Å². The molecule has 2 N–H and O–H groups in total. The summed E-state index contributed by atoms with van der Waals surface area (Å²) in [5.74, 6) is -0.584. The van der Waals surface area contributed by atoms with E-state index >= 15 is 0 Å². The molecule has 0 aliphatic rings. The third-order valence-corrected chi connectivity index (χ3v) is 5.21. The molecule has 0 bridgehead atoms. The Balaban J connectivity index is 1.92. The number of halogens is 2. The molecule has 0 atom stereocenters. The minimum atomic E-state index is -0.472. The Labute approximate surface area is 171 Å². The van der Waals surface area contributed by atoms with Gasteiger partial charge in [-0.3, -0.25) is 4.79 Å². The van der Waals surface area contributed by atoms with Crippen molar-refractivity contribution in [3.05, 3.63) is 81.9 Å². The zero-order valence-electron chi connectivity index (χ0n) is 15.8. The van der Waals surface area contributed by atoms with E-state index in [1.54, 1.807) is 12.1 Å². The molecule has 0 aliphatic heterocycles. The maximum Gasteiger partial charge on any atom is 0.260 e. The van der Waals surface area contributed by atoms with Crippen molar-refractivity contribution in [2.24, 2.45) is 0 Å². The Bertz CT molecular complexity index is 1260. The van der Waals surface area contributed by atoms with Crippen LogP contribution in [0, 0.1) is 5.82 Å². The van der Waals surface area contributed by atoms with Crippen molar-refractivity contribution in [2.45, 2.75) is 0 Å². The molecule has 0 saturated heterocycles. The van der Waals surface area contributed by atoms with Crippen molar-refractivity contribution in [1.82, 2.24) is 4.98 Å². The summed E-state index contributed by atoms with van der Waals surface area (Å²) in [6.07, 6.45) is 0. The number of pyridine rings is 1. The summed E-state index contributed by atoms with van der Waals surface area (Å²) < 4.78 is 13.3. The van der Waals surface area contributed by atoms with Crippen LogP contribution in [0.4, 0.5) is 10.1 Å². The molecule has 0 amide bonds. The van der Waals surface area contributed by atoms with Gasteiger partial charge in [0.2, 0.25) is 0 Å². The molecule has 29 heavy (non-hydrogen) atoms. The van der Waals surface area contributed by atoms with Gasteiger partial charge in [0.1, 0.15) is 11.6 Å². The summed E-state index contributed by atoms with van der Waals surface area (Å²) in [5.41, 5.74) is 3.15. The second kappa shape index (κ2) is 7.26. The number of aromatic hydroxyl groups is 1. The summed E-state index contributed by atoms with van der Waals surface area (Å²) in [6, 6.07) is 16.7. The van der Waals surface area contributed by atoms with Gasteiger partial charge in [0.25, 0.3) is 5.56 Å². The van der Waals surface area contributed by atoms with Crippen molar-refractivity contribution in [3.63, 3.8) is 0 Å². The summed E-state index contributed by atoms with van der Waals surface area (Å²) >= 11 is 6.46. The Kier molecular flexibility index (Phi) is 4.76. The number of aromatic nitrogens is 1. The molecule has 146 valence electrons. The quantitative estimate of drug-likeness (QED) is 0.475. The predicted molar refractivity (Wildman–Crippen MR) is 116 cm³/mol. The van der Waals surface area contributed by atoms with Crippen LogP contribution in [0.1, 0.15) is 0 Å². The lowest BCUT2D eigenvalue weighted by Crippen LogP contribution is -2.09. The minimum Gasteiger partial charge on any atom is -0.506 e. The van der Waals surface area contributed by atoms with Gasteiger partial charge in [-0.25, -0.2) is 4.39 Å². The highest BCUT2D eigenvalue weighted by Crippen LogP contribution is 2.38. The molecule has 4 aromatic rings. The smallest absolute Gasteiger partial charge is 0.260 e. The summed E-state index contributed by atoms with van der Waals surface area (Å²) in [6.45, 7) is 0. The maximum absolute atomic E-state index is 13.3. The molecule has 0 spiro atoms. The highest BCUT2D eigenvalue weighted by molar-refractivity contribution is 6.34. The fourth-order valence-electron chi connectivity index (χ4n) is 3.34. The molecule has 0 fully saturated rings. The first-order valence-electron chi connectivity index (χ1n) is 8.97. The number of fused-ring (bicyclic) bond motifs is 1. The summed E-state index contributed by atoms with van der Waals surface area (Å²) in [5, 5.41) is 11.8. The fraction of sp³-hybridized carbons (Fsp3) is 0.0870. The van der Waals surface area contributed by atoms with Gasteiger partial charge < -0.3 is 15.0 Å². The molecular formula is C23H18ClFN2O2. The van der Waals surface area contributed by atoms with Crippen LogP contribution in [-0.2, 0) is 0 Å². The Hall–Kier alpha value is -3.31. The summed E-state index contributed by atoms with van der Waals surface area (Å²) in [7, 11) is 3.92. The molecule has 4 rings (SSSR count). The van der Waals surface area contributed by atoms with Crippen LogP contribution in [-0.4, -0.2) is 24.2 Å². The topological polar surface area (TPSA) is 56.3 Å². The van der Waals surface area contributed by atoms with Gasteiger partial charge in [0.05, 0.1) is 16.1 Å². The molecule has 3 aromatic carbocycles. The number of rotatable bonds is 3. The van der Waals surface area contributed by atoms with Crippen molar-refractivity contribution in [3.8, 4) is 28.0 Å². The first kappa shape index (κ1) is 19.0. The highest BCUT2D eigenvalue weighted by atomic mass is 35.5. The number of hydrogen-bond acceptors (Lipinski definition) is 3. The molecule has 1 aromatic heterocycles. The number of nitrogens with one attached hydrogen (secondary N) is 1. The average molecular weight is 409 g/mol. The van der Waals surface area contributed by atoms with E-state index in [-0.39, 0.29) is 11.3 Å². The van der Waals surface area contributed by atoms with E-state index in [2.05, 4.69) is 4.98 Å². The van der Waals surface area contributed by atoms with Crippen molar-refractivity contribution >= 4 is 28.2 Å². The normalized spacial score (nSPS) is 11.0. The van der Waals surface area contributed by atoms with E-state index in [1.807, 2.05) is 43.3 Å². The lowest BCUT2D eigenvalue weighted by atomic mass is 9.99. The van der Waals surface area contributed by atoms with Gasteiger partial charge in [-0.2, -0.15) is 0 Å². The molecule has 0 radical (unpaired) electrons. The van der Waals surface area contributed by atoms with Gasteiger partial charge in [-0.05, 0) is 47.5 Å². The van der Waals surface area contributed by atoms with Crippen LogP contribution in [0.3, 0.4) is 0 Å².